The van der Waals surface area contributed by atoms with E-state index in [-0.39, 0.29) is 24.0 Å². The molecule has 6 nitrogen and oxygen atoms in total. The van der Waals surface area contributed by atoms with Gasteiger partial charge in [0.2, 0.25) is 0 Å². The third-order valence-corrected chi connectivity index (χ3v) is 4.81. The predicted octanol–water partition coefficient (Wildman–Crippen LogP) is 3.41. The van der Waals surface area contributed by atoms with E-state index in [0.717, 1.165) is 12.0 Å². The number of aromatic nitrogens is 2. The van der Waals surface area contributed by atoms with Crippen molar-refractivity contribution in [2.75, 3.05) is 6.61 Å². The van der Waals surface area contributed by atoms with Crippen molar-refractivity contribution in [3.63, 3.8) is 0 Å². The second kappa shape index (κ2) is 8.03. The van der Waals surface area contributed by atoms with Crippen molar-refractivity contribution < 1.29 is 14.3 Å². The van der Waals surface area contributed by atoms with Crippen molar-refractivity contribution in [1.82, 2.24) is 9.97 Å². The smallest absolute Gasteiger partial charge is 0.323 e. The Morgan fingerprint density at radius 2 is 1.74 bits per heavy atom. The van der Waals surface area contributed by atoms with Gasteiger partial charge in [-0.3, -0.25) is 9.59 Å². The minimum absolute atomic E-state index is 0.0938. The molecule has 2 N–H and O–H groups in total. The molecule has 27 heavy (non-hydrogen) atoms. The van der Waals surface area contributed by atoms with Crippen LogP contribution in [-0.4, -0.2) is 28.3 Å². The second-order valence-corrected chi connectivity index (χ2v) is 6.64. The van der Waals surface area contributed by atoms with Gasteiger partial charge in [-0.1, -0.05) is 50.6 Å². The first kappa shape index (κ1) is 18.6. The summed E-state index contributed by atoms with van der Waals surface area (Å²) in [7, 11) is 0. The number of benzene rings is 2. The summed E-state index contributed by atoms with van der Waals surface area (Å²) in [5.41, 5.74) is 2.09. The number of hydrogen-bond donors (Lipinski definition) is 2. The van der Waals surface area contributed by atoms with Gasteiger partial charge in [0, 0.05) is 5.56 Å². The van der Waals surface area contributed by atoms with E-state index < -0.39 is 11.9 Å². The summed E-state index contributed by atoms with van der Waals surface area (Å²) in [4.78, 5) is 41.6. The maximum atomic E-state index is 12.7. The van der Waals surface area contributed by atoms with E-state index in [9.17, 15) is 14.4 Å². The molecule has 0 aliphatic carbocycles. The number of H-pyrrole nitrogens is 2. The van der Waals surface area contributed by atoms with Crippen molar-refractivity contribution in [3.05, 3.63) is 70.1 Å². The molecule has 6 heteroatoms. The maximum absolute atomic E-state index is 12.7. The Hall–Kier alpha value is -3.15. The molecule has 0 radical (unpaired) electrons. The lowest BCUT2D eigenvalue weighted by Gasteiger charge is -2.21. The summed E-state index contributed by atoms with van der Waals surface area (Å²) in [5, 5.41) is 0. The zero-order chi connectivity index (χ0) is 19.4. The Morgan fingerprint density at radius 1 is 1.04 bits per heavy atom. The minimum Gasteiger partial charge on any atom is -0.457 e. The van der Waals surface area contributed by atoms with Gasteiger partial charge in [-0.05, 0) is 29.7 Å². The van der Waals surface area contributed by atoms with Crippen LogP contribution in [0.2, 0.25) is 0 Å². The van der Waals surface area contributed by atoms with E-state index >= 15 is 0 Å². The van der Waals surface area contributed by atoms with Crippen LogP contribution in [0.1, 0.15) is 42.1 Å². The van der Waals surface area contributed by atoms with Crippen LogP contribution >= 0.6 is 0 Å². The molecule has 1 heterocycles. The van der Waals surface area contributed by atoms with Gasteiger partial charge in [-0.25, -0.2) is 4.79 Å². The van der Waals surface area contributed by atoms with Crippen LogP contribution in [0.25, 0.3) is 11.0 Å². The number of hydrogen-bond acceptors (Lipinski definition) is 4. The lowest BCUT2D eigenvalue weighted by atomic mass is 9.85. The van der Waals surface area contributed by atoms with Crippen LogP contribution in [-0.2, 0) is 9.53 Å². The molecule has 0 amide bonds. The number of esters is 1. The third kappa shape index (κ3) is 4.16. The van der Waals surface area contributed by atoms with Crippen LogP contribution in [0.5, 0.6) is 0 Å². The van der Waals surface area contributed by atoms with Gasteiger partial charge in [0.05, 0.1) is 17.0 Å². The third-order valence-electron chi connectivity index (χ3n) is 4.81. The first-order valence-corrected chi connectivity index (χ1v) is 8.96. The number of carbonyl (C=O) groups excluding carboxylic acids is 2. The van der Waals surface area contributed by atoms with E-state index in [1.807, 2.05) is 44.2 Å². The molecule has 0 spiro atoms. The normalized spacial score (nSPS) is 13.3. The largest absolute Gasteiger partial charge is 0.457 e. The molecule has 2 atom stereocenters. The molecule has 0 saturated heterocycles. The minimum atomic E-state index is -0.410. The highest BCUT2D eigenvalue weighted by atomic mass is 16.5. The second-order valence-electron chi connectivity index (χ2n) is 6.64. The number of fused-ring (bicyclic) bond motifs is 1. The highest BCUT2D eigenvalue weighted by Crippen LogP contribution is 2.28. The van der Waals surface area contributed by atoms with E-state index in [2.05, 4.69) is 9.97 Å². The highest BCUT2D eigenvalue weighted by Gasteiger charge is 2.27. The Balaban J connectivity index is 1.72. The molecule has 0 aliphatic rings. The fourth-order valence-corrected chi connectivity index (χ4v) is 3.11. The molecule has 3 rings (SSSR count). The fourth-order valence-electron chi connectivity index (χ4n) is 3.11. The van der Waals surface area contributed by atoms with Crippen LogP contribution in [0, 0.1) is 5.92 Å². The molecule has 0 fully saturated rings. The van der Waals surface area contributed by atoms with Gasteiger partial charge in [-0.15, -0.1) is 0 Å². The number of rotatable bonds is 7. The monoisotopic (exact) mass is 366 g/mol. The molecule has 0 aliphatic heterocycles. The van der Waals surface area contributed by atoms with Crippen LogP contribution < -0.4 is 5.69 Å². The van der Waals surface area contributed by atoms with Gasteiger partial charge in [-0.2, -0.15) is 0 Å². The van der Waals surface area contributed by atoms with Crippen molar-refractivity contribution >= 4 is 22.8 Å². The van der Waals surface area contributed by atoms with Gasteiger partial charge in [0.1, 0.15) is 0 Å². The average Bonchev–Trinajstić information content (AvgIpc) is 3.06. The van der Waals surface area contributed by atoms with Gasteiger partial charge < -0.3 is 14.7 Å². The van der Waals surface area contributed by atoms with E-state index in [4.69, 9.17) is 4.74 Å². The van der Waals surface area contributed by atoms with Crippen molar-refractivity contribution in [1.29, 1.82) is 0 Å². The average molecular weight is 366 g/mol. The van der Waals surface area contributed by atoms with E-state index in [1.54, 1.807) is 18.2 Å². The fraction of sp³-hybridized carbons (Fsp3) is 0.286. The molecule has 2 aromatic carbocycles. The zero-order valence-electron chi connectivity index (χ0n) is 15.3. The number of ketones is 1. The number of carbonyl (C=O) groups is 2. The van der Waals surface area contributed by atoms with E-state index in [1.165, 1.54) is 0 Å². The van der Waals surface area contributed by atoms with Gasteiger partial charge >= 0.3 is 11.7 Å². The van der Waals surface area contributed by atoms with E-state index in [0.29, 0.717) is 16.6 Å². The van der Waals surface area contributed by atoms with Crippen molar-refractivity contribution in [2.24, 2.45) is 5.92 Å². The molecule has 0 saturated carbocycles. The van der Waals surface area contributed by atoms with Crippen LogP contribution in [0.4, 0.5) is 0 Å². The molecular weight excluding hydrogens is 344 g/mol. The first-order chi connectivity index (χ1) is 13.0. The van der Waals surface area contributed by atoms with Crippen molar-refractivity contribution in [2.45, 2.75) is 26.2 Å². The van der Waals surface area contributed by atoms with Crippen molar-refractivity contribution in [3.8, 4) is 0 Å². The SMILES string of the molecule is CC[C@@H](C)[C@H](C(=O)OCC(=O)c1ccc2[nH]c(=O)[nH]c2c1)c1ccccc1. The maximum Gasteiger partial charge on any atom is 0.323 e. The first-order valence-electron chi connectivity index (χ1n) is 8.96. The standard InChI is InChI=1S/C21H22N2O4/c1-3-13(2)19(14-7-5-4-6-8-14)20(25)27-12-18(24)15-9-10-16-17(11-15)23-21(26)22-16/h4-11,13,19H,3,12H2,1-2H3,(H2,22,23,26)/t13-,19+/m1/s1. The molecule has 0 unspecified atom stereocenters. The number of Topliss-reactive ketones (excluding diaryl/α,β-unsaturated/α-hetero) is 1. The summed E-state index contributed by atoms with van der Waals surface area (Å²) >= 11 is 0. The summed E-state index contributed by atoms with van der Waals surface area (Å²) in [6.45, 7) is 3.68. The Kier molecular flexibility index (Phi) is 5.54. The molecule has 3 aromatic rings. The number of imidazole rings is 1. The van der Waals surface area contributed by atoms with Crippen LogP contribution in [0.15, 0.2) is 53.3 Å². The number of nitrogens with one attached hydrogen (secondary N) is 2. The summed E-state index contributed by atoms with van der Waals surface area (Å²) in [5.74, 6) is -1.04. The lowest BCUT2D eigenvalue weighted by Crippen LogP contribution is -2.24. The number of ether oxygens (including phenoxy) is 1. The van der Waals surface area contributed by atoms with Crippen LogP contribution in [0.3, 0.4) is 0 Å². The Labute approximate surface area is 156 Å². The Bertz CT molecular complexity index is 1000. The number of aromatic amines is 2. The topological polar surface area (TPSA) is 92.0 Å². The predicted molar refractivity (Wildman–Crippen MR) is 103 cm³/mol. The molecular formula is C21H22N2O4. The zero-order valence-corrected chi connectivity index (χ0v) is 15.3. The summed E-state index contributed by atoms with van der Waals surface area (Å²) in [6.07, 6.45) is 0.820. The molecule has 1 aromatic heterocycles. The quantitative estimate of drug-likeness (QED) is 0.495. The molecule has 0 bridgehead atoms. The molecule has 140 valence electrons. The van der Waals surface area contributed by atoms with Gasteiger partial charge in [0.25, 0.3) is 0 Å². The Morgan fingerprint density at radius 3 is 2.44 bits per heavy atom. The lowest BCUT2D eigenvalue weighted by molar-refractivity contribution is -0.145. The van der Waals surface area contributed by atoms with Gasteiger partial charge in [0.15, 0.2) is 12.4 Å². The highest BCUT2D eigenvalue weighted by molar-refractivity contribution is 6.00. The summed E-state index contributed by atoms with van der Waals surface area (Å²) in [6, 6.07) is 14.3. The summed E-state index contributed by atoms with van der Waals surface area (Å²) < 4.78 is 5.35.